The zero-order chi connectivity index (χ0) is 22.8. The number of rotatable bonds is 2. The molecule has 7 rings (SSSR count). The number of fused-ring (bicyclic) bond motifs is 4. The lowest BCUT2D eigenvalue weighted by Gasteiger charge is -2.30. The molecule has 170 valence electrons. The van der Waals surface area contributed by atoms with Gasteiger partial charge in [0, 0.05) is 6.07 Å². The van der Waals surface area contributed by atoms with Crippen molar-refractivity contribution in [1.29, 1.82) is 0 Å². The zero-order valence-corrected chi connectivity index (χ0v) is 17.9. The van der Waals surface area contributed by atoms with Gasteiger partial charge in [0.25, 0.3) is 0 Å². The van der Waals surface area contributed by atoms with Crippen molar-refractivity contribution in [2.75, 3.05) is 13.6 Å². The topological polar surface area (TPSA) is 89.5 Å². The SMILES string of the molecule is O=C1C[C@@H](c2ccc3c(c2)OCO3)Oc2cc3c(cc21)C(=O)C[C@H](c1ccc2c(c1)OCO2)O3. The van der Waals surface area contributed by atoms with Gasteiger partial charge in [0.2, 0.25) is 13.6 Å². The minimum atomic E-state index is -0.475. The molecule has 8 heteroatoms. The highest BCUT2D eigenvalue weighted by molar-refractivity contribution is 6.06. The van der Waals surface area contributed by atoms with Gasteiger partial charge in [-0.1, -0.05) is 12.1 Å². The molecule has 0 bridgehead atoms. The van der Waals surface area contributed by atoms with Crippen molar-refractivity contribution in [3.63, 3.8) is 0 Å². The lowest BCUT2D eigenvalue weighted by atomic mass is 9.91. The molecule has 4 heterocycles. The average molecular weight is 458 g/mol. The molecule has 4 aliphatic rings. The van der Waals surface area contributed by atoms with E-state index in [1.54, 1.807) is 12.1 Å². The lowest BCUT2D eigenvalue weighted by Crippen LogP contribution is -2.24. The van der Waals surface area contributed by atoms with Crippen molar-refractivity contribution in [2.45, 2.75) is 25.0 Å². The first kappa shape index (κ1) is 19.3. The highest BCUT2D eigenvalue weighted by Crippen LogP contribution is 2.45. The Morgan fingerprint density at radius 1 is 0.529 bits per heavy atom. The fourth-order valence-electron chi connectivity index (χ4n) is 4.74. The van der Waals surface area contributed by atoms with Crippen LogP contribution in [0.2, 0.25) is 0 Å². The molecule has 8 nitrogen and oxygen atoms in total. The maximum atomic E-state index is 13.0. The van der Waals surface area contributed by atoms with Crippen molar-refractivity contribution in [3.8, 4) is 34.5 Å². The first-order chi connectivity index (χ1) is 16.6. The van der Waals surface area contributed by atoms with E-state index in [0.717, 1.165) is 11.1 Å². The number of hydrogen-bond acceptors (Lipinski definition) is 8. The van der Waals surface area contributed by atoms with Crippen LogP contribution in [0.25, 0.3) is 0 Å². The molecule has 0 aliphatic carbocycles. The fourth-order valence-corrected chi connectivity index (χ4v) is 4.74. The predicted molar refractivity (Wildman–Crippen MR) is 116 cm³/mol. The smallest absolute Gasteiger partial charge is 0.231 e. The Kier molecular flexibility index (Phi) is 4.05. The second-order valence-electron chi connectivity index (χ2n) is 8.54. The molecule has 0 fully saturated rings. The minimum absolute atomic E-state index is 0.0857. The zero-order valence-electron chi connectivity index (χ0n) is 17.9. The molecule has 4 aliphatic heterocycles. The second-order valence-corrected chi connectivity index (χ2v) is 8.54. The number of hydrogen-bond donors (Lipinski definition) is 0. The minimum Gasteiger partial charge on any atom is -0.484 e. The second kappa shape index (κ2) is 7.15. The van der Waals surface area contributed by atoms with Crippen LogP contribution in [-0.4, -0.2) is 25.2 Å². The average Bonchev–Trinajstić information content (AvgIpc) is 3.51. The van der Waals surface area contributed by atoms with Gasteiger partial charge >= 0.3 is 0 Å². The van der Waals surface area contributed by atoms with E-state index in [4.69, 9.17) is 28.4 Å². The summed E-state index contributed by atoms with van der Waals surface area (Å²) in [4.78, 5) is 26.0. The standard InChI is InChI=1S/C26H18O8/c27-17-8-21(13-1-3-19-25(5-13)31-11-29-19)33-23-10-24-16(7-15(17)23)18(28)9-22(34-24)14-2-4-20-26(6-14)32-12-30-20/h1-7,10,21-22H,8-9,11-12H2/t21-,22+. The number of ether oxygens (including phenoxy) is 6. The van der Waals surface area contributed by atoms with Gasteiger partial charge in [-0.15, -0.1) is 0 Å². The molecule has 0 aromatic heterocycles. The summed E-state index contributed by atoms with van der Waals surface area (Å²) in [6.07, 6.45) is -0.617. The van der Waals surface area contributed by atoms with Crippen LogP contribution in [-0.2, 0) is 0 Å². The van der Waals surface area contributed by atoms with Crippen LogP contribution in [0, 0.1) is 0 Å². The molecule has 3 aromatic rings. The van der Waals surface area contributed by atoms with Crippen LogP contribution in [0.1, 0.15) is 56.9 Å². The largest absolute Gasteiger partial charge is 0.484 e. The predicted octanol–water partition coefficient (Wildman–Crippen LogP) is 4.56. The summed E-state index contributed by atoms with van der Waals surface area (Å²) >= 11 is 0. The number of carbonyl (C=O) groups excluding carboxylic acids is 2. The van der Waals surface area contributed by atoms with Crippen molar-refractivity contribution in [3.05, 3.63) is 70.8 Å². The van der Waals surface area contributed by atoms with Crippen molar-refractivity contribution in [1.82, 2.24) is 0 Å². The normalized spacial score (nSPS) is 21.4. The van der Waals surface area contributed by atoms with E-state index in [2.05, 4.69) is 0 Å². The Hall–Kier alpha value is -4.20. The van der Waals surface area contributed by atoms with Gasteiger partial charge in [-0.05, 0) is 41.5 Å². The Balaban J connectivity index is 1.21. The van der Waals surface area contributed by atoms with Gasteiger partial charge in [0.1, 0.15) is 23.7 Å². The van der Waals surface area contributed by atoms with Crippen LogP contribution in [0.5, 0.6) is 34.5 Å². The fraction of sp³-hybridized carbons (Fsp3) is 0.231. The molecule has 0 saturated heterocycles. The van der Waals surface area contributed by atoms with Crippen LogP contribution < -0.4 is 28.4 Å². The highest BCUT2D eigenvalue weighted by atomic mass is 16.7. The highest BCUT2D eigenvalue weighted by Gasteiger charge is 2.35. The van der Waals surface area contributed by atoms with E-state index >= 15 is 0 Å². The molecule has 3 aromatic carbocycles. The summed E-state index contributed by atoms with van der Waals surface area (Å²) in [5, 5.41) is 0. The van der Waals surface area contributed by atoms with Crippen LogP contribution in [0.3, 0.4) is 0 Å². The molecule has 0 amide bonds. The van der Waals surface area contributed by atoms with Gasteiger partial charge in [-0.3, -0.25) is 9.59 Å². The van der Waals surface area contributed by atoms with Gasteiger partial charge < -0.3 is 28.4 Å². The maximum Gasteiger partial charge on any atom is 0.231 e. The van der Waals surface area contributed by atoms with Crippen LogP contribution in [0.4, 0.5) is 0 Å². The Labute approximate surface area is 193 Å². The molecular weight excluding hydrogens is 440 g/mol. The summed E-state index contributed by atoms with van der Waals surface area (Å²) in [6.45, 7) is 0.349. The molecular formula is C26H18O8. The first-order valence-corrected chi connectivity index (χ1v) is 11.0. The van der Waals surface area contributed by atoms with E-state index in [1.807, 2.05) is 36.4 Å². The van der Waals surface area contributed by atoms with Gasteiger partial charge in [0.05, 0.1) is 24.0 Å². The monoisotopic (exact) mass is 458 g/mol. The Morgan fingerprint density at radius 3 is 1.50 bits per heavy atom. The van der Waals surface area contributed by atoms with Gasteiger partial charge in [-0.25, -0.2) is 0 Å². The summed E-state index contributed by atoms with van der Waals surface area (Å²) in [5.74, 6) is 3.22. The quantitative estimate of drug-likeness (QED) is 0.552. The van der Waals surface area contributed by atoms with E-state index in [0.29, 0.717) is 45.6 Å². The third-order valence-corrected chi connectivity index (χ3v) is 6.50. The van der Waals surface area contributed by atoms with E-state index in [-0.39, 0.29) is 38.0 Å². The molecule has 2 atom stereocenters. The molecule has 0 N–H and O–H groups in total. The van der Waals surface area contributed by atoms with Crippen molar-refractivity contribution >= 4 is 11.6 Å². The molecule has 0 radical (unpaired) electrons. The van der Waals surface area contributed by atoms with Crippen LogP contribution >= 0.6 is 0 Å². The number of Topliss-reactive ketones (excluding diaryl/α,β-unsaturated/α-hetero) is 2. The Bertz CT molecular complexity index is 1280. The van der Waals surface area contributed by atoms with E-state index in [1.165, 1.54) is 0 Å². The van der Waals surface area contributed by atoms with E-state index < -0.39 is 12.2 Å². The van der Waals surface area contributed by atoms with Gasteiger partial charge in [0.15, 0.2) is 34.6 Å². The van der Waals surface area contributed by atoms with Gasteiger partial charge in [-0.2, -0.15) is 0 Å². The summed E-state index contributed by atoms with van der Waals surface area (Å²) < 4.78 is 34.1. The summed E-state index contributed by atoms with van der Waals surface area (Å²) in [5.41, 5.74) is 2.43. The third kappa shape index (κ3) is 2.98. The number of carbonyl (C=O) groups is 2. The summed E-state index contributed by atoms with van der Waals surface area (Å²) in [7, 11) is 0. The van der Waals surface area contributed by atoms with Crippen molar-refractivity contribution in [2.24, 2.45) is 0 Å². The number of benzene rings is 3. The first-order valence-electron chi connectivity index (χ1n) is 11.0. The number of ketones is 2. The Morgan fingerprint density at radius 2 is 1.00 bits per heavy atom. The molecule has 0 unspecified atom stereocenters. The maximum absolute atomic E-state index is 13.0. The lowest BCUT2D eigenvalue weighted by molar-refractivity contribution is 0.0830. The van der Waals surface area contributed by atoms with Crippen molar-refractivity contribution < 1.29 is 38.0 Å². The molecule has 0 saturated carbocycles. The summed E-state index contributed by atoms with van der Waals surface area (Å²) in [6, 6.07) is 14.3. The van der Waals surface area contributed by atoms with Crippen LogP contribution in [0.15, 0.2) is 48.5 Å². The molecule has 34 heavy (non-hydrogen) atoms. The molecule has 0 spiro atoms. The third-order valence-electron chi connectivity index (χ3n) is 6.50. The van der Waals surface area contributed by atoms with E-state index in [9.17, 15) is 9.59 Å².